The Balaban J connectivity index is 1.40. The van der Waals surface area contributed by atoms with Crippen LogP contribution in [0.15, 0.2) is 18.2 Å². The minimum atomic E-state index is 0.144. The van der Waals surface area contributed by atoms with Crippen molar-refractivity contribution < 1.29 is 4.79 Å². The lowest BCUT2D eigenvalue weighted by Gasteiger charge is -2.34. The lowest BCUT2D eigenvalue weighted by molar-refractivity contribution is -0.132. The first kappa shape index (κ1) is 21.9. The molecule has 164 valence electrons. The molecule has 0 spiro atoms. The number of aromatic nitrogens is 4. The summed E-state index contributed by atoms with van der Waals surface area (Å²) < 4.78 is 2.57. The summed E-state index contributed by atoms with van der Waals surface area (Å²) in [7, 11) is 0. The van der Waals surface area contributed by atoms with Crippen molar-refractivity contribution in [3.8, 4) is 5.95 Å². The van der Waals surface area contributed by atoms with Crippen LogP contribution in [0.5, 0.6) is 0 Å². The van der Waals surface area contributed by atoms with Gasteiger partial charge in [-0.1, -0.05) is 11.6 Å². The topological polar surface area (TPSA) is 67.2 Å². The fraction of sp³-hybridized carbons (Fsp3) is 0.455. The van der Waals surface area contributed by atoms with Crippen LogP contribution in [0.2, 0.25) is 4.34 Å². The molecule has 4 rings (SSSR count). The number of hydrogen-bond acceptors (Lipinski definition) is 6. The normalized spacial score (nSPS) is 14.9. The highest BCUT2D eigenvalue weighted by atomic mass is 35.5. The Bertz CT molecular complexity index is 1080. The zero-order valence-electron chi connectivity index (χ0n) is 18.4. The average molecular weight is 459 g/mol. The maximum Gasteiger partial charge on any atom is 0.251 e. The second-order valence-electron chi connectivity index (χ2n) is 8.05. The zero-order valence-corrected chi connectivity index (χ0v) is 19.9. The van der Waals surface area contributed by atoms with Gasteiger partial charge in [0, 0.05) is 60.2 Å². The Morgan fingerprint density at radius 2 is 1.74 bits per heavy atom. The highest BCUT2D eigenvalue weighted by molar-refractivity contribution is 7.16. The second-order valence-corrected chi connectivity index (χ2v) is 9.85. The van der Waals surface area contributed by atoms with E-state index < -0.39 is 0 Å². The first-order valence-corrected chi connectivity index (χ1v) is 11.6. The number of carbonyl (C=O) groups excluding carboxylic acids is 1. The van der Waals surface area contributed by atoms with Crippen LogP contribution >= 0.6 is 22.9 Å². The fourth-order valence-electron chi connectivity index (χ4n) is 4.00. The summed E-state index contributed by atoms with van der Waals surface area (Å²) in [6.07, 6.45) is 0.350. The van der Waals surface area contributed by atoms with Crippen LogP contribution in [0.1, 0.15) is 33.2 Å². The monoisotopic (exact) mass is 458 g/mol. The van der Waals surface area contributed by atoms with E-state index in [9.17, 15) is 4.79 Å². The van der Waals surface area contributed by atoms with E-state index in [4.69, 9.17) is 11.6 Å². The van der Waals surface area contributed by atoms with Gasteiger partial charge in [0.15, 0.2) is 0 Å². The zero-order chi connectivity index (χ0) is 22.1. The van der Waals surface area contributed by atoms with Gasteiger partial charge in [0.1, 0.15) is 0 Å². The Morgan fingerprint density at radius 1 is 1.06 bits per heavy atom. The Kier molecular flexibility index (Phi) is 6.41. The summed E-state index contributed by atoms with van der Waals surface area (Å²) in [6.45, 7) is 11.9. The molecule has 0 bridgehead atoms. The number of piperazine rings is 1. The van der Waals surface area contributed by atoms with Gasteiger partial charge in [-0.25, -0.2) is 14.6 Å². The van der Waals surface area contributed by atoms with Gasteiger partial charge < -0.3 is 4.90 Å². The van der Waals surface area contributed by atoms with E-state index in [1.807, 2.05) is 44.7 Å². The van der Waals surface area contributed by atoms with E-state index in [1.54, 1.807) is 16.0 Å². The lowest BCUT2D eigenvalue weighted by Crippen LogP contribution is -2.48. The molecule has 0 unspecified atom stereocenters. The van der Waals surface area contributed by atoms with Crippen molar-refractivity contribution in [2.45, 2.75) is 40.7 Å². The van der Waals surface area contributed by atoms with E-state index in [0.29, 0.717) is 12.4 Å². The first-order valence-electron chi connectivity index (χ1n) is 10.4. The number of rotatable bonds is 5. The number of nitrogens with zero attached hydrogens (tertiary/aromatic N) is 6. The van der Waals surface area contributed by atoms with Crippen LogP contribution < -0.4 is 0 Å². The predicted molar refractivity (Wildman–Crippen MR) is 123 cm³/mol. The molecule has 4 heterocycles. The molecule has 7 nitrogen and oxygen atoms in total. The number of aryl methyl sites for hydroxylation is 3. The predicted octanol–water partition coefficient (Wildman–Crippen LogP) is 3.50. The maximum atomic E-state index is 13.0. The molecule has 0 saturated carbocycles. The molecule has 1 aliphatic rings. The molecular weight excluding hydrogens is 432 g/mol. The molecule has 0 aliphatic carbocycles. The van der Waals surface area contributed by atoms with Gasteiger partial charge in [0.05, 0.1) is 16.5 Å². The largest absolute Gasteiger partial charge is 0.340 e. The number of hydrogen-bond donors (Lipinski definition) is 0. The summed E-state index contributed by atoms with van der Waals surface area (Å²) in [5, 5.41) is 4.62. The van der Waals surface area contributed by atoms with Crippen LogP contribution in [0.4, 0.5) is 0 Å². The van der Waals surface area contributed by atoms with Crippen LogP contribution in [-0.2, 0) is 17.8 Å². The third kappa shape index (κ3) is 4.97. The molecule has 1 fully saturated rings. The van der Waals surface area contributed by atoms with Gasteiger partial charge in [-0.05, 0) is 45.9 Å². The van der Waals surface area contributed by atoms with Crippen molar-refractivity contribution in [3.05, 3.63) is 55.8 Å². The standard InChI is InChI=1S/C22H27ClN6OS/c1-14-11-15(2)25-22(24-14)29-17(4)19(16(3)26-29)12-21(30)28-9-7-27(8-10-28)13-18-5-6-20(23)31-18/h5-6,11H,7-10,12-13H2,1-4H3. The van der Waals surface area contributed by atoms with Gasteiger partial charge in [-0.3, -0.25) is 9.69 Å². The van der Waals surface area contributed by atoms with Crippen molar-refractivity contribution in [2.75, 3.05) is 26.2 Å². The Hall–Kier alpha value is -2.29. The van der Waals surface area contributed by atoms with E-state index in [2.05, 4.69) is 26.0 Å². The number of thiophene rings is 1. The summed E-state index contributed by atoms with van der Waals surface area (Å²) in [6, 6.07) is 5.95. The van der Waals surface area contributed by atoms with Crippen LogP contribution in [0.3, 0.4) is 0 Å². The molecule has 0 N–H and O–H groups in total. The number of amides is 1. The van der Waals surface area contributed by atoms with Gasteiger partial charge in [0.25, 0.3) is 5.95 Å². The third-order valence-electron chi connectivity index (χ3n) is 5.66. The minimum absolute atomic E-state index is 0.144. The van der Waals surface area contributed by atoms with Crippen LogP contribution in [-0.4, -0.2) is 61.6 Å². The number of halogens is 1. The maximum absolute atomic E-state index is 13.0. The third-order valence-corrected chi connectivity index (χ3v) is 6.88. The molecule has 1 aliphatic heterocycles. The van der Waals surface area contributed by atoms with Crippen molar-refractivity contribution in [1.29, 1.82) is 0 Å². The molecule has 31 heavy (non-hydrogen) atoms. The minimum Gasteiger partial charge on any atom is -0.340 e. The van der Waals surface area contributed by atoms with Crippen molar-refractivity contribution in [2.24, 2.45) is 0 Å². The molecule has 9 heteroatoms. The first-order chi connectivity index (χ1) is 14.8. The summed E-state index contributed by atoms with van der Waals surface area (Å²) >= 11 is 7.65. The highest BCUT2D eigenvalue weighted by Crippen LogP contribution is 2.23. The van der Waals surface area contributed by atoms with E-state index in [1.165, 1.54) is 4.88 Å². The molecular formula is C22H27ClN6OS. The Morgan fingerprint density at radius 3 is 2.35 bits per heavy atom. The molecule has 3 aromatic rings. The van der Waals surface area contributed by atoms with E-state index in [-0.39, 0.29) is 5.91 Å². The summed E-state index contributed by atoms with van der Waals surface area (Å²) in [5.41, 5.74) is 4.53. The molecule has 0 radical (unpaired) electrons. The van der Waals surface area contributed by atoms with E-state index in [0.717, 1.165) is 65.4 Å². The molecule has 3 aromatic heterocycles. The fourth-order valence-corrected chi connectivity index (χ4v) is 5.13. The van der Waals surface area contributed by atoms with Gasteiger partial charge in [0.2, 0.25) is 5.91 Å². The molecule has 0 atom stereocenters. The van der Waals surface area contributed by atoms with Crippen molar-refractivity contribution in [1.82, 2.24) is 29.5 Å². The lowest BCUT2D eigenvalue weighted by atomic mass is 10.1. The smallest absolute Gasteiger partial charge is 0.251 e. The van der Waals surface area contributed by atoms with Crippen molar-refractivity contribution >= 4 is 28.8 Å². The molecule has 1 amide bonds. The average Bonchev–Trinajstić information content (AvgIpc) is 3.25. The van der Waals surface area contributed by atoms with Crippen molar-refractivity contribution in [3.63, 3.8) is 0 Å². The van der Waals surface area contributed by atoms with Crippen LogP contribution in [0, 0.1) is 27.7 Å². The van der Waals surface area contributed by atoms with Gasteiger partial charge >= 0.3 is 0 Å². The molecule has 1 saturated heterocycles. The van der Waals surface area contributed by atoms with Gasteiger partial charge in [-0.2, -0.15) is 5.10 Å². The highest BCUT2D eigenvalue weighted by Gasteiger charge is 2.24. The summed E-state index contributed by atoms with van der Waals surface area (Å²) in [5.74, 6) is 0.699. The Labute approximate surface area is 191 Å². The molecule has 0 aromatic carbocycles. The summed E-state index contributed by atoms with van der Waals surface area (Å²) in [4.78, 5) is 27.6. The van der Waals surface area contributed by atoms with Crippen LogP contribution in [0.25, 0.3) is 5.95 Å². The SMILES string of the molecule is Cc1cc(C)nc(-n2nc(C)c(CC(=O)N3CCN(Cc4ccc(Cl)s4)CC3)c2C)n1. The quantitative estimate of drug-likeness (QED) is 0.585. The second kappa shape index (κ2) is 9.06. The van der Waals surface area contributed by atoms with E-state index >= 15 is 0 Å². The number of carbonyl (C=O) groups is 1. The van der Waals surface area contributed by atoms with Gasteiger partial charge in [-0.15, -0.1) is 11.3 Å².